The smallest absolute Gasteiger partial charge is 0.151 e. The minimum absolute atomic E-state index is 0.666. The van der Waals surface area contributed by atoms with E-state index in [4.69, 9.17) is 11.6 Å². The van der Waals surface area contributed by atoms with Crippen LogP contribution in [0.1, 0.15) is 18.1 Å². The van der Waals surface area contributed by atoms with Gasteiger partial charge >= 0.3 is 0 Å². The van der Waals surface area contributed by atoms with Crippen molar-refractivity contribution in [2.45, 2.75) is 19.9 Å². The molecule has 106 valence electrons. The van der Waals surface area contributed by atoms with Crippen molar-refractivity contribution in [3.63, 3.8) is 0 Å². The van der Waals surface area contributed by atoms with Crippen LogP contribution in [0.5, 0.6) is 0 Å². The molecule has 1 heterocycles. The molecule has 0 bridgehead atoms. The van der Waals surface area contributed by atoms with Gasteiger partial charge in [-0.05, 0) is 42.8 Å². The Balaban J connectivity index is 2.25. The maximum Gasteiger partial charge on any atom is 0.151 e. The van der Waals surface area contributed by atoms with E-state index in [1.807, 2.05) is 31.3 Å². The third kappa shape index (κ3) is 3.30. The minimum atomic E-state index is 0.666. The highest BCUT2D eigenvalue weighted by molar-refractivity contribution is 6.33. The number of rotatable bonds is 5. The Morgan fingerprint density at radius 1 is 1.20 bits per heavy atom. The lowest BCUT2D eigenvalue weighted by Crippen LogP contribution is -2.13. The minimum Gasteiger partial charge on any atom is -0.328 e. The molecule has 0 aliphatic heterocycles. The molecule has 0 atom stereocenters. The van der Waals surface area contributed by atoms with Gasteiger partial charge in [-0.1, -0.05) is 30.7 Å². The highest BCUT2D eigenvalue weighted by Gasteiger charge is 2.10. The number of aromatic nitrogens is 1. The molecule has 0 aliphatic carbocycles. The topological polar surface area (TPSA) is 28.2 Å². The number of hydrogen-bond acceptors (Lipinski definition) is 3. The maximum atomic E-state index is 6.34. The maximum absolute atomic E-state index is 6.34. The number of nitrogens with zero attached hydrogens (tertiary/aromatic N) is 2. The first-order valence-electron chi connectivity index (χ1n) is 6.77. The van der Waals surface area contributed by atoms with E-state index >= 15 is 0 Å². The second kappa shape index (κ2) is 6.73. The van der Waals surface area contributed by atoms with E-state index in [0.29, 0.717) is 5.02 Å². The molecule has 0 radical (unpaired) electrons. The van der Waals surface area contributed by atoms with Gasteiger partial charge in [-0.2, -0.15) is 0 Å². The Bertz CT molecular complexity index is 566. The SMILES string of the molecule is CCc1ccc(N(C)c2ncc(CNC)cc2Cl)cc1. The van der Waals surface area contributed by atoms with Gasteiger partial charge in [-0.15, -0.1) is 0 Å². The Morgan fingerprint density at radius 3 is 2.45 bits per heavy atom. The molecular weight excluding hydrogens is 270 g/mol. The standard InChI is InChI=1S/C16H20ClN3/c1-4-12-5-7-14(8-6-12)20(3)16-15(17)9-13(10-18-2)11-19-16/h5-9,11,18H,4,10H2,1-3H3. The highest BCUT2D eigenvalue weighted by atomic mass is 35.5. The zero-order chi connectivity index (χ0) is 14.5. The first-order valence-corrected chi connectivity index (χ1v) is 7.15. The van der Waals surface area contributed by atoms with E-state index in [1.54, 1.807) is 0 Å². The van der Waals surface area contributed by atoms with Crippen LogP contribution in [0.4, 0.5) is 11.5 Å². The van der Waals surface area contributed by atoms with Gasteiger partial charge in [0.25, 0.3) is 0 Å². The Labute approximate surface area is 125 Å². The predicted molar refractivity (Wildman–Crippen MR) is 85.9 cm³/mol. The van der Waals surface area contributed by atoms with Crippen LogP contribution >= 0.6 is 11.6 Å². The number of aryl methyl sites for hydroxylation is 1. The third-order valence-electron chi connectivity index (χ3n) is 3.31. The largest absolute Gasteiger partial charge is 0.328 e. The summed E-state index contributed by atoms with van der Waals surface area (Å²) in [7, 11) is 3.89. The average molecular weight is 290 g/mol. The summed E-state index contributed by atoms with van der Waals surface area (Å²) in [5.74, 6) is 0.774. The second-order valence-corrected chi connectivity index (χ2v) is 5.17. The van der Waals surface area contributed by atoms with Crippen molar-refractivity contribution >= 4 is 23.1 Å². The van der Waals surface area contributed by atoms with E-state index < -0.39 is 0 Å². The van der Waals surface area contributed by atoms with Crippen molar-refractivity contribution in [2.75, 3.05) is 19.0 Å². The van der Waals surface area contributed by atoms with E-state index in [1.165, 1.54) is 5.56 Å². The van der Waals surface area contributed by atoms with Crippen LogP contribution in [0.25, 0.3) is 0 Å². The monoisotopic (exact) mass is 289 g/mol. The summed E-state index contributed by atoms with van der Waals surface area (Å²) in [6, 6.07) is 10.4. The van der Waals surface area contributed by atoms with Gasteiger partial charge in [0, 0.05) is 25.5 Å². The fourth-order valence-electron chi connectivity index (χ4n) is 2.10. The van der Waals surface area contributed by atoms with Crippen LogP contribution < -0.4 is 10.2 Å². The number of pyridine rings is 1. The molecule has 0 unspecified atom stereocenters. The first-order chi connectivity index (χ1) is 9.65. The molecule has 2 rings (SSSR count). The third-order valence-corrected chi connectivity index (χ3v) is 3.59. The van der Waals surface area contributed by atoms with Crippen molar-refractivity contribution in [1.82, 2.24) is 10.3 Å². The lowest BCUT2D eigenvalue weighted by Gasteiger charge is -2.20. The molecule has 1 aromatic carbocycles. The Morgan fingerprint density at radius 2 is 1.90 bits per heavy atom. The molecule has 0 saturated carbocycles. The number of anilines is 2. The van der Waals surface area contributed by atoms with E-state index in [9.17, 15) is 0 Å². The molecule has 3 nitrogen and oxygen atoms in total. The van der Waals surface area contributed by atoms with Gasteiger partial charge < -0.3 is 10.2 Å². The molecule has 0 amide bonds. The van der Waals surface area contributed by atoms with Gasteiger partial charge in [-0.3, -0.25) is 0 Å². The van der Waals surface area contributed by atoms with Crippen LogP contribution in [0.2, 0.25) is 5.02 Å². The van der Waals surface area contributed by atoms with Crippen molar-refractivity contribution < 1.29 is 0 Å². The molecule has 0 saturated heterocycles. The van der Waals surface area contributed by atoms with Gasteiger partial charge in [0.05, 0.1) is 5.02 Å². The van der Waals surface area contributed by atoms with Crippen molar-refractivity contribution in [2.24, 2.45) is 0 Å². The fourth-order valence-corrected chi connectivity index (χ4v) is 2.41. The molecule has 20 heavy (non-hydrogen) atoms. The quantitative estimate of drug-likeness (QED) is 0.908. The van der Waals surface area contributed by atoms with Crippen LogP contribution in [0.3, 0.4) is 0 Å². The molecule has 0 spiro atoms. The number of nitrogens with one attached hydrogen (secondary N) is 1. The van der Waals surface area contributed by atoms with Crippen LogP contribution in [-0.4, -0.2) is 19.1 Å². The molecule has 0 aliphatic rings. The summed E-state index contributed by atoms with van der Waals surface area (Å²) in [5.41, 5.74) is 3.49. The zero-order valence-electron chi connectivity index (χ0n) is 12.2. The lowest BCUT2D eigenvalue weighted by molar-refractivity contribution is 0.813. The Hall–Kier alpha value is -1.58. The summed E-state index contributed by atoms with van der Waals surface area (Å²) in [5, 5.41) is 3.76. The van der Waals surface area contributed by atoms with Gasteiger partial charge in [0.2, 0.25) is 0 Å². The van der Waals surface area contributed by atoms with Crippen molar-refractivity contribution in [3.8, 4) is 0 Å². The number of halogens is 1. The highest BCUT2D eigenvalue weighted by Crippen LogP contribution is 2.29. The van der Waals surface area contributed by atoms with E-state index in [0.717, 1.165) is 30.0 Å². The summed E-state index contributed by atoms with van der Waals surface area (Å²) < 4.78 is 0. The molecule has 2 aromatic rings. The Kier molecular flexibility index (Phi) is 4.99. The molecule has 0 fully saturated rings. The summed E-state index contributed by atoms with van der Waals surface area (Å²) >= 11 is 6.34. The molecule has 1 N–H and O–H groups in total. The molecule has 1 aromatic heterocycles. The average Bonchev–Trinajstić information content (AvgIpc) is 2.47. The molecule has 4 heteroatoms. The van der Waals surface area contributed by atoms with Crippen LogP contribution in [0.15, 0.2) is 36.5 Å². The number of benzene rings is 1. The predicted octanol–water partition coefficient (Wildman–Crippen LogP) is 3.78. The van der Waals surface area contributed by atoms with E-state index in [2.05, 4.69) is 41.5 Å². The molecular formula is C16H20ClN3. The summed E-state index contributed by atoms with van der Waals surface area (Å²) in [6.07, 6.45) is 2.90. The zero-order valence-corrected chi connectivity index (χ0v) is 12.9. The van der Waals surface area contributed by atoms with E-state index in [-0.39, 0.29) is 0 Å². The van der Waals surface area contributed by atoms with Crippen LogP contribution in [-0.2, 0) is 13.0 Å². The van der Waals surface area contributed by atoms with Crippen molar-refractivity contribution in [3.05, 3.63) is 52.7 Å². The van der Waals surface area contributed by atoms with Crippen molar-refractivity contribution in [1.29, 1.82) is 0 Å². The van der Waals surface area contributed by atoms with Gasteiger partial charge in [-0.25, -0.2) is 4.98 Å². The number of hydrogen-bond donors (Lipinski definition) is 1. The first kappa shape index (κ1) is 14.8. The van der Waals surface area contributed by atoms with Gasteiger partial charge in [0.15, 0.2) is 5.82 Å². The second-order valence-electron chi connectivity index (χ2n) is 4.76. The lowest BCUT2D eigenvalue weighted by atomic mass is 10.1. The fraction of sp³-hybridized carbons (Fsp3) is 0.312. The normalized spacial score (nSPS) is 10.6. The van der Waals surface area contributed by atoms with Gasteiger partial charge in [0.1, 0.15) is 0 Å². The van der Waals surface area contributed by atoms with Crippen LogP contribution in [0, 0.1) is 0 Å². The summed E-state index contributed by atoms with van der Waals surface area (Å²) in [6.45, 7) is 2.92. The summed E-state index contributed by atoms with van der Waals surface area (Å²) in [4.78, 5) is 6.47.